The number of thioether (sulfide) groups is 1. The number of ether oxygens (including phenoxy) is 1. The molecule has 0 aromatic heterocycles. The molecular formula is C12H17NO7S3. The Morgan fingerprint density at radius 3 is 2.61 bits per heavy atom. The summed E-state index contributed by atoms with van der Waals surface area (Å²) in [6.45, 7) is 0.662. The van der Waals surface area contributed by atoms with Crippen LogP contribution in [0.4, 0.5) is 0 Å². The maximum absolute atomic E-state index is 12.1. The van der Waals surface area contributed by atoms with Crippen LogP contribution in [-0.2, 0) is 33.7 Å². The van der Waals surface area contributed by atoms with Crippen molar-refractivity contribution in [2.75, 3.05) is 31.1 Å². The number of fused-ring (bicyclic) bond motifs is 1. The molecule has 0 N–H and O–H groups in total. The molecule has 0 radical (unpaired) electrons. The van der Waals surface area contributed by atoms with E-state index in [0.717, 1.165) is 0 Å². The molecule has 11 heteroatoms. The highest BCUT2D eigenvalue weighted by atomic mass is 32.2. The Morgan fingerprint density at radius 2 is 1.91 bits per heavy atom. The lowest BCUT2D eigenvalue weighted by atomic mass is 9.94. The van der Waals surface area contributed by atoms with E-state index < -0.39 is 43.4 Å². The first-order chi connectivity index (χ1) is 10.8. The van der Waals surface area contributed by atoms with E-state index in [1.807, 2.05) is 0 Å². The van der Waals surface area contributed by atoms with Crippen molar-refractivity contribution in [1.82, 2.24) is 4.90 Å². The van der Waals surface area contributed by atoms with Crippen LogP contribution >= 0.6 is 11.8 Å². The second kappa shape index (κ2) is 5.32. The third-order valence-corrected chi connectivity index (χ3v) is 10.1. The largest absolute Gasteiger partial charge is 0.457 e. The van der Waals surface area contributed by atoms with Crippen LogP contribution in [0.15, 0.2) is 0 Å². The molecule has 4 aliphatic rings. The predicted molar refractivity (Wildman–Crippen MR) is 82.3 cm³/mol. The molecule has 0 aromatic carbocycles. The van der Waals surface area contributed by atoms with Crippen LogP contribution in [0.2, 0.25) is 0 Å². The molecule has 8 nitrogen and oxygen atoms in total. The maximum atomic E-state index is 12.1. The number of sulfone groups is 1. The van der Waals surface area contributed by atoms with E-state index in [0.29, 0.717) is 19.5 Å². The predicted octanol–water partition coefficient (Wildman–Crippen LogP) is -1.39. The minimum Gasteiger partial charge on any atom is -0.457 e. The Kier molecular flexibility index (Phi) is 3.73. The molecule has 4 fully saturated rings. The second-order valence-electron chi connectivity index (χ2n) is 6.35. The molecule has 4 rings (SSSR count). The zero-order valence-electron chi connectivity index (χ0n) is 12.2. The van der Waals surface area contributed by atoms with Crippen LogP contribution in [0.25, 0.3) is 0 Å². The summed E-state index contributed by atoms with van der Waals surface area (Å²) in [6, 6.07) is 0. The summed E-state index contributed by atoms with van der Waals surface area (Å²) in [7, 11) is -6.51. The molecule has 4 aliphatic heterocycles. The highest BCUT2D eigenvalue weighted by molar-refractivity contribution is 8.03. The number of hydrogen-bond donors (Lipinski definition) is 0. The van der Waals surface area contributed by atoms with Crippen molar-refractivity contribution in [3.63, 3.8) is 0 Å². The summed E-state index contributed by atoms with van der Waals surface area (Å²) in [5.74, 6) is -0.349. The molecule has 4 saturated heterocycles. The van der Waals surface area contributed by atoms with Crippen molar-refractivity contribution in [2.24, 2.45) is 0 Å². The highest BCUT2D eigenvalue weighted by Gasteiger charge is 2.66. The van der Waals surface area contributed by atoms with Gasteiger partial charge >= 0.3 is 5.97 Å². The highest BCUT2D eigenvalue weighted by Crippen LogP contribution is 2.55. The van der Waals surface area contributed by atoms with Crippen LogP contribution in [0, 0.1) is 0 Å². The third kappa shape index (κ3) is 2.80. The fraction of sp³-hybridized carbons (Fsp3) is 0.917. The Balaban J connectivity index is 1.36. The molecule has 130 valence electrons. The molecule has 5 unspecified atom stereocenters. The first-order valence-electron chi connectivity index (χ1n) is 7.45. The molecule has 0 spiro atoms. The Morgan fingerprint density at radius 1 is 1.22 bits per heavy atom. The fourth-order valence-corrected chi connectivity index (χ4v) is 9.06. The SMILES string of the molecule is O=C(CN1CCS(=O)(=O)CC1)OC1C2CC3C(S2)C1OS3(=O)=O. The second-order valence-corrected chi connectivity index (χ2v) is 11.9. The molecule has 0 saturated carbocycles. The summed E-state index contributed by atoms with van der Waals surface area (Å²) in [4.78, 5) is 13.9. The summed E-state index contributed by atoms with van der Waals surface area (Å²) in [5, 5.41) is -0.634. The minimum atomic E-state index is -3.53. The van der Waals surface area contributed by atoms with E-state index in [2.05, 4.69) is 0 Å². The van der Waals surface area contributed by atoms with E-state index in [1.165, 1.54) is 11.8 Å². The zero-order valence-corrected chi connectivity index (χ0v) is 14.6. The lowest BCUT2D eigenvalue weighted by Crippen LogP contribution is -2.46. The lowest BCUT2D eigenvalue weighted by Gasteiger charge is -2.28. The van der Waals surface area contributed by atoms with E-state index in [4.69, 9.17) is 8.92 Å². The van der Waals surface area contributed by atoms with Crippen LogP contribution < -0.4 is 0 Å². The number of carbonyl (C=O) groups excluding carboxylic acids is 1. The van der Waals surface area contributed by atoms with E-state index in [1.54, 1.807) is 4.90 Å². The first-order valence-corrected chi connectivity index (χ1v) is 11.7. The summed E-state index contributed by atoms with van der Waals surface area (Å²) < 4.78 is 57.1. The average Bonchev–Trinajstić information content (AvgIpc) is 3.05. The van der Waals surface area contributed by atoms with Crippen molar-refractivity contribution in [1.29, 1.82) is 0 Å². The molecular weight excluding hydrogens is 366 g/mol. The van der Waals surface area contributed by atoms with E-state index in [-0.39, 0.29) is 28.6 Å². The van der Waals surface area contributed by atoms with Gasteiger partial charge in [-0.25, -0.2) is 8.42 Å². The molecule has 4 heterocycles. The van der Waals surface area contributed by atoms with Gasteiger partial charge in [-0.05, 0) is 6.42 Å². The Hall–Kier alpha value is -0.360. The minimum absolute atomic E-state index is 0.0248. The molecule has 0 aliphatic carbocycles. The summed E-state index contributed by atoms with van der Waals surface area (Å²) in [6.07, 6.45) is -0.632. The quantitative estimate of drug-likeness (QED) is 0.430. The van der Waals surface area contributed by atoms with Crippen LogP contribution in [0.3, 0.4) is 0 Å². The number of carbonyl (C=O) groups is 1. The number of rotatable bonds is 3. The average molecular weight is 383 g/mol. The third-order valence-electron chi connectivity index (χ3n) is 4.85. The fourth-order valence-electron chi connectivity index (χ4n) is 3.65. The van der Waals surface area contributed by atoms with Gasteiger partial charge < -0.3 is 4.74 Å². The smallest absolute Gasteiger partial charge is 0.320 e. The van der Waals surface area contributed by atoms with Gasteiger partial charge in [0, 0.05) is 18.3 Å². The number of esters is 1. The van der Waals surface area contributed by atoms with Crippen molar-refractivity contribution in [2.45, 2.75) is 34.4 Å². The van der Waals surface area contributed by atoms with Gasteiger partial charge in [0.1, 0.15) is 17.5 Å². The van der Waals surface area contributed by atoms with Gasteiger partial charge in [-0.2, -0.15) is 8.42 Å². The Labute approximate surface area is 138 Å². The zero-order chi connectivity index (χ0) is 16.4. The molecule has 2 bridgehead atoms. The van der Waals surface area contributed by atoms with Crippen molar-refractivity contribution >= 4 is 37.7 Å². The molecule has 23 heavy (non-hydrogen) atoms. The lowest BCUT2D eigenvalue weighted by molar-refractivity contribution is -0.154. The van der Waals surface area contributed by atoms with Crippen LogP contribution in [0.5, 0.6) is 0 Å². The van der Waals surface area contributed by atoms with Gasteiger partial charge in [-0.15, -0.1) is 11.8 Å². The normalized spacial score (nSPS) is 43.6. The van der Waals surface area contributed by atoms with Gasteiger partial charge in [0.25, 0.3) is 10.1 Å². The summed E-state index contributed by atoms with van der Waals surface area (Å²) in [5.41, 5.74) is 0. The van der Waals surface area contributed by atoms with Gasteiger partial charge in [-0.1, -0.05) is 0 Å². The maximum Gasteiger partial charge on any atom is 0.320 e. The van der Waals surface area contributed by atoms with Gasteiger partial charge in [0.05, 0.1) is 23.3 Å². The van der Waals surface area contributed by atoms with Gasteiger partial charge in [-0.3, -0.25) is 13.9 Å². The van der Waals surface area contributed by atoms with Gasteiger partial charge in [0.2, 0.25) is 0 Å². The van der Waals surface area contributed by atoms with Crippen LogP contribution in [0.1, 0.15) is 6.42 Å². The summed E-state index contributed by atoms with van der Waals surface area (Å²) >= 11 is 1.53. The van der Waals surface area contributed by atoms with Crippen LogP contribution in [-0.4, -0.2) is 86.8 Å². The number of hydrogen-bond acceptors (Lipinski definition) is 9. The molecule has 0 aromatic rings. The topological polar surface area (TPSA) is 107 Å². The van der Waals surface area contributed by atoms with E-state index >= 15 is 0 Å². The van der Waals surface area contributed by atoms with Crippen molar-refractivity contribution in [3.8, 4) is 0 Å². The molecule has 5 atom stereocenters. The van der Waals surface area contributed by atoms with Crippen molar-refractivity contribution < 1.29 is 30.6 Å². The molecule has 0 amide bonds. The Bertz CT molecular complexity index is 720. The van der Waals surface area contributed by atoms with Crippen molar-refractivity contribution in [3.05, 3.63) is 0 Å². The number of nitrogens with zero attached hydrogens (tertiary/aromatic N) is 1. The monoisotopic (exact) mass is 383 g/mol. The first kappa shape index (κ1) is 16.1. The van der Waals surface area contributed by atoms with Gasteiger partial charge in [0.15, 0.2) is 9.84 Å². The standard InChI is InChI=1S/C12H17NO7S3/c14-9(6-13-1-3-22(15,16)4-2-13)19-10-7-5-8-12(21-7)11(10)20-23(8,17)18/h7-8,10-12H,1-6H2. The van der Waals surface area contributed by atoms with E-state index in [9.17, 15) is 21.6 Å².